The van der Waals surface area contributed by atoms with Gasteiger partial charge in [-0.2, -0.15) is 0 Å². The first-order chi connectivity index (χ1) is 7.34. The van der Waals surface area contributed by atoms with Gasteiger partial charge >= 0.3 is 6.07 Å². The van der Waals surface area contributed by atoms with Crippen molar-refractivity contribution in [3.8, 4) is 6.07 Å². The average Bonchev–Trinajstić information content (AvgIpc) is 2.88. The molecule has 0 radical (unpaired) electrons. The summed E-state index contributed by atoms with van der Waals surface area (Å²) in [5, 5.41) is 3.87. The van der Waals surface area contributed by atoms with Crippen molar-refractivity contribution in [1.82, 2.24) is 5.01 Å². The van der Waals surface area contributed by atoms with Crippen molar-refractivity contribution in [1.29, 1.82) is 0 Å². The van der Waals surface area contributed by atoms with E-state index < -0.39 is 0 Å². The molecule has 0 fully saturated rings. The van der Waals surface area contributed by atoms with Gasteiger partial charge in [0, 0.05) is 0 Å². The van der Waals surface area contributed by atoms with Gasteiger partial charge in [0.05, 0.1) is 21.7 Å². The van der Waals surface area contributed by atoms with Crippen LogP contribution in [0, 0.1) is 6.07 Å². The molecule has 0 saturated carbocycles. The van der Waals surface area contributed by atoms with Crippen molar-refractivity contribution in [2.24, 2.45) is 4.99 Å². The van der Waals surface area contributed by atoms with E-state index in [4.69, 9.17) is 0 Å². The van der Waals surface area contributed by atoms with E-state index in [0.717, 1.165) is 5.71 Å². The van der Waals surface area contributed by atoms with E-state index in [0.29, 0.717) is 0 Å². The SMILES string of the molecule is BrC1C#[N+]N2C=CC(c3cccs3)=NC12. The van der Waals surface area contributed by atoms with Crippen LogP contribution in [-0.2, 0) is 0 Å². The van der Waals surface area contributed by atoms with Gasteiger partial charge in [0.1, 0.15) is 0 Å². The summed E-state index contributed by atoms with van der Waals surface area (Å²) in [7, 11) is 0. The van der Waals surface area contributed by atoms with E-state index in [1.807, 2.05) is 23.4 Å². The summed E-state index contributed by atoms with van der Waals surface area (Å²) in [6.07, 6.45) is 3.95. The van der Waals surface area contributed by atoms with Gasteiger partial charge in [0.25, 0.3) is 0 Å². The minimum atomic E-state index is 0.0205. The fourth-order valence-corrected chi connectivity index (χ4v) is 2.68. The third-order valence-electron chi connectivity index (χ3n) is 2.26. The number of allylic oxidation sites excluding steroid dienone is 1. The first kappa shape index (κ1) is 9.13. The van der Waals surface area contributed by atoms with E-state index in [1.54, 1.807) is 11.3 Å². The largest absolute Gasteiger partial charge is 0.339 e. The smallest absolute Gasteiger partial charge is 0.249 e. The fraction of sp³-hybridized carbons (Fsp3) is 0.200. The van der Waals surface area contributed by atoms with Crippen LogP contribution in [0.25, 0.3) is 4.95 Å². The fourth-order valence-electron chi connectivity index (χ4n) is 1.53. The summed E-state index contributed by atoms with van der Waals surface area (Å²) in [4.78, 5) is 10.0. The molecule has 3 nitrogen and oxygen atoms in total. The molecule has 2 aliphatic rings. The Labute approximate surface area is 99.7 Å². The molecule has 0 spiro atoms. The lowest BCUT2D eigenvalue weighted by Crippen LogP contribution is -2.30. The highest BCUT2D eigenvalue weighted by atomic mass is 79.9. The minimum Gasteiger partial charge on any atom is -0.249 e. The third-order valence-corrected chi connectivity index (χ3v) is 3.83. The quantitative estimate of drug-likeness (QED) is 0.725. The summed E-state index contributed by atoms with van der Waals surface area (Å²) in [6, 6.07) is 7.05. The molecule has 1 aromatic heterocycles. The zero-order valence-electron chi connectivity index (χ0n) is 7.67. The lowest BCUT2D eigenvalue weighted by molar-refractivity contribution is 0.403. The highest BCUT2D eigenvalue weighted by Gasteiger charge is 2.39. The van der Waals surface area contributed by atoms with Gasteiger partial charge in [0.2, 0.25) is 6.17 Å². The Balaban J connectivity index is 1.95. The van der Waals surface area contributed by atoms with Crippen molar-refractivity contribution < 1.29 is 0 Å². The number of hydrogen-bond donors (Lipinski definition) is 0. The topological polar surface area (TPSA) is 20.0 Å². The molecule has 3 heterocycles. The van der Waals surface area contributed by atoms with Crippen molar-refractivity contribution in [2.45, 2.75) is 11.0 Å². The van der Waals surface area contributed by atoms with Crippen LogP contribution in [0.1, 0.15) is 4.88 Å². The van der Waals surface area contributed by atoms with Crippen LogP contribution in [0.5, 0.6) is 0 Å². The number of halogens is 1. The maximum Gasteiger partial charge on any atom is 0.339 e. The summed E-state index contributed by atoms with van der Waals surface area (Å²) in [5.41, 5.74) is 1.02. The van der Waals surface area contributed by atoms with Gasteiger partial charge in [-0.3, -0.25) is 0 Å². The number of thiophene rings is 1. The molecule has 1 aromatic rings. The second-order valence-electron chi connectivity index (χ2n) is 3.23. The zero-order valence-corrected chi connectivity index (χ0v) is 10.1. The Kier molecular flexibility index (Phi) is 2.11. The number of alkyl halides is 1. The molecule has 0 amide bonds. The Hall–Kier alpha value is -1.12. The molecule has 0 bridgehead atoms. The molecule has 0 N–H and O–H groups in total. The molecule has 2 unspecified atom stereocenters. The molecule has 74 valence electrons. The van der Waals surface area contributed by atoms with Crippen LogP contribution in [0.3, 0.4) is 0 Å². The molecule has 2 aliphatic heterocycles. The van der Waals surface area contributed by atoms with Crippen molar-refractivity contribution >= 4 is 33.0 Å². The molecule has 0 saturated heterocycles. The first-order valence-corrected chi connectivity index (χ1v) is 6.32. The number of rotatable bonds is 1. The standard InChI is InChI=1S/C10H7BrN3S/c11-7-6-12-14-4-3-8(13-10(7)14)9-2-1-5-15-9/h1-5,7,10H/q+1. The number of fused-ring (bicyclic) bond motifs is 1. The highest BCUT2D eigenvalue weighted by Crippen LogP contribution is 2.25. The normalized spacial score (nSPS) is 27.0. The molecule has 0 aromatic carbocycles. The second-order valence-corrected chi connectivity index (χ2v) is 5.17. The Morgan fingerprint density at radius 2 is 2.53 bits per heavy atom. The predicted octanol–water partition coefficient (Wildman–Crippen LogP) is 2.72. The Bertz CT molecular complexity index is 494. The van der Waals surface area contributed by atoms with Crippen LogP contribution in [0.15, 0.2) is 34.8 Å². The van der Waals surface area contributed by atoms with Crippen LogP contribution in [-0.4, -0.2) is 21.7 Å². The number of hydrogen-bond acceptors (Lipinski definition) is 3. The van der Waals surface area contributed by atoms with E-state index in [1.165, 1.54) is 4.88 Å². The maximum absolute atomic E-state index is 4.63. The van der Waals surface area contributed by atoms with Crippen LogP contribution < -0.4 is 0 Å². The lowest BCUT2D eigenvalue weighted by Gasteiger charge is -2.13. The molecule has 3 rings (SSSR count). The second kappa shape index (κ2) is 3.47. The number of nitrogens with zero attached hydrogens (tertiary/aromatic N) is 3. The van der Waals surface area contributed by atoms with Gasteiger partial charge < -0.3 is 0 Å². The third kappa shape index (κ3) is 1.50. The van der Waals surface area contributed by atoms with Crippen LogP contribution in [0.2, 0.25) is 0 Å². The van der Waals surface area contributed by atoms with E-state index in [9.17, 15) is 0 Å². The van der Waals surface area contributed by atoms with Crippen molar-refractivity contribution in [3.05, 3.63) is 39.6 Å². The monoisotopic (exact) mass is 280 g/mol. The van der Waals surface area contributed by atoms with Crippen LogP contribution in [0.4, 0.5) is 0 Å². The summed E-state index contributed by atoms with van der Waals surface area (Å²) >= 11 is 5.18. The van der Waals surface area contributed by atoms with Crippen molar-refractivity contribution in [2.75, 3.05) is 0 Å². The van der Waals surface area contributed by atoms with E-state index in [2.05, 4.69) is 43.4 Å². The lowest BCUT2D eigenvalue weighted by atomic mass is 10.2. The maximum atomic E-state index is 4.63. The molecular formula is C10H7BrN3S+. The highest BCUT2D eigenvalue weighted by molar-refractivity contribution is 9.09. The molecule has 2 atom stereocenters. The minimum absolute atomic E-state index is 0.0205. The summed E-state index contributed by atoms with van der Waals surface area (Å²) in [6.45, 7) is 0. The van der Waals surface area contributed by atoms with Gasteiger partial charge in [-0.05, 0) is 22.5 Å². The Morgan fingerprint density at radius 3 is 3.33 bits per heavy atom. The molecular weight excluding hydrogens is 274 g/mol. The van der Waals surface area contributed by atoms with Gasteiger partial charge in [-0.1, -0.05) is 22.0 Å². The zero-order chi connectivity index (χ0) is 10.3. The van der Waals surface area contributed by atoms with Gasteiger partial charge in [0.15, 0.2) is 4.83 Å². The van der Waals surface area contributed by atoms with E-state index >= 15 is 0 Å². The molecule has 0 aliphatic carbocycles. The summed E-state index contributed by atoms with van der Waals surface area (Å²) < 4.78 is 0. The first-order valence-electron chi connectivity index (χ1n) is 4.53. The summed E-state index contributed by atoms with van der Waals surface area (Å²) in [5.74, 6) is 0. The predicted molar refractivity (Wildman–Crippen MR) is 65.6 cm³/mol. The van der Waals surface area contributed by atoms with E-state index in [-0.39, 0.29) is 11.0 Å². The van der Waals surface area contributed by atoms with Crippen molar-refractivity contribution in [3.63, 3.8) is 0 Å². The average molecular weight is 281 g/mol. The Morgan fingerprint density at radius 1 is 1.60 bits per heavy atom. The van der Waals surface area contributed by atoms with Gasteiger partial charge in [-0.25, -0.2) is 4.99 Å². The molecule has 5 heteroatoms. The number of aliphatic imine (C=N–C) groups is 1. The molecule has 15 heavy (non-hydrogen) atoms. The van der Waals surface area contributed by atoms with Crippen LogP contribution >= 0.6 is 27.3 Å². The van der Waals surface area contributed by atoms with Gasteiger partial charge in [-0.15, -0.1) is 11.3 Å².